The van der Waals surface area contributed by atoms with E-state index in [1.807, 2.05) is 60.7 Å². The van der Waals surface area contributed by atoms with E-state index in [0.717, 1.165) is 22.1 Å². The van der Waals surface area contributed by atoms with E-state index in [9.17, 15) is 0 Å². The van der Waals surface area contributed by atoms with Crippen LogP contribution in [0.4, 0.5) is 0 Å². The first kappa shape index (κ1) is 22.0. The van der Waals surface area contributed by atoms with Crippen LogP contribution in [0, 0.1) is 0 Å². The summed E-state index contributed by atoms with van der Waals surface area (Å²) in [5, 5.41) is 37.9. The summed E-state index contributed by atoms with van der Waals surface area (Å²) in [4.78, 5) is 0. The summed E-state index contributed by atoms with van der Waals surface area (Å²) < 4.78 is 0. The van der Waals surface area contributed by atoms with E-state index < -0.39 is 0 Å². The van der Waals surface area contributed by atoms with Crippen LogP contribution in [-0.4, -0.2) is 41.0 Å². The Bertz CT molecular complexity index is 1140. The molecular weight excluding hydrogens is 404 g/mol. The molecule has 160 valence electrons. The maximum atomic E-state index is 8.63. The van der Waals surface area contributed by atoms with Crippen molar-refractivity contribution in [2.45, 2.75) is 0 Å². The molecule has 0 aliphatic heterocycles. The van der Waals surface area contributed by atoms with Gasteiger partial charge in [0, 0.05) is 0 Å². The van der Waals surface area contributed by atoms with Crippen LogP contribution in [-0.2, 0) is 0 Å². The van der Waals surface area contributed by atoms with E-state index in [-0.39, 0.29) is 0 Å². The molecule has 0 amide bonds. The quantitative estimate of drug-likeness (QED) is 0.279. The Morgan fingerprint density at radius 2 is 0.625 bits per heavy atom. The minimum atomic E-state index is 0.322. The number of hydrogen-bond donors (Lipinski definition) is 4. The SMILES string of the molecule is Oc1ccccc1.Oc1ccccc1.c1ccc2n[nH]nc2c1.c1ccc2n[nH]nc2c1. The Morgan fingerprint density at radius 3 is 0.844 bits per heavy atom. The van der Waals surface area contributed by atoms with Gasteiger partial charge >= 0.3 is 0 Å². The van der Waals surface area contributed by atoms with Gasteiger partial charge in [0.1, 0.15) is 33.6 Å². The smallest absolute Gasteiger partial charge is 0.115 e. The topological polar surface area (TPSA) is 124 Å². The van der Waals surface area contributed by atoms with Gasteiger partial charge in [-0.1, -0.05) is 60.7 Å². The molecule has 8 heteroatoms. The lowest BCUT2D eigenvalue weighted by molar-refractivity contribution is 0.475. The minimum absolute atomic E-state index is 0.322. The number of nitrogens with zero attached hydrogens (tertiary/aromatic N) is 4. The predicted octanol–water partition coefficient (Wildman–Crippen LogP) is 4.70. The van der Waals surface area contributed by atoms with Gasteiger partial charge in [-0.15, -0.1) is 0 Å². The van der Waals surface area contributed by atoms with Gasteiger partial charge < -0.3 is 10.2 Å². The summed E-state index contributed by atoms with van der Waals surface area (Å²) in [5.41, 5.74) is 3.66. The van der Waals surface area contributed by atoms with Crippen LogP contribution < -0.4 is 0 Å². The molecule has 6 aromatic rings. The Morgan fingerprint density at radius 1 is 0.375 bits per heavy atom. The van der Waals surface area contributed by atoms with Crippen LogP contribution in [0.2, 0.25) is 0 Å². The number of H-pyrrole nitrogens is 2. The minimum Gasteiger partial charge on any atom is -0.508 e. The summed E-state index contributed by atoms with van der Waals surface area (Å²) in [7, 11) is 0. The maximum Gasteiger partial charge on any atom is 0.115 e. The highest BCUT2D eigenvalue weighted by atomic mass is 16.3. The van der Waals surface area contributed by atoms with Crippen molar-refractivity contribution in [2.75, 3.05) is 0 Å². The molecule has 32 heavy (non-hydrogen) atoms. The normalized spacial score (nSPS) is 9.50. The highest BCUT2D eigenvalue weighted by molar-refractivity contribution is 5.73. The maximum absolute atomic E-state index is 8.63. The zero-order chi connectivity index (χ0) is 22.4. The molecule has 8 nitrogen and oxygen atoms in total. The Labute approximate surface area is 184 Å². The van der Waals surface area contributed by atoms with Crippen molar-refractivity contribution in [1.29, 1.82) is 0 Å². The van der Waals surface area contributed by atoms with Gasteiger partial charge in [0.2, 0.25) is 0 Å². The van der Waals surface area contributed by atoms with Gasteiger partial charge in [0.15, 0.2) is 0 Å². The van der Waals surface area contributed by atoms with Crippen LogP contribution in [0.3, 0.4) is 0 Å². The Balaban J connectivity index is 0.000000122. The van der Waals surface area contributed by atoms with Crippen molar-refractivity contribution in [3.8, 4) is 11.5 Å². The first-order valence-electron chi connectivity index (χ1n) is 9.71. The number of fused-ring (bicyclic) bond motifs is 2. The highest BCUT2D eigenvalue weighted by Crippen LogP contribution is 2.05. The highest BCUT2D eigenvalue weighted by Gasteiger charge is 1.91. The predicted molar refractivity (Wildman–Crippen MR) is 124 cm³/mol. The monoisotopic (exact) mass is 426 g/mol. The number of hydrogen-bond acceptors (Lipinski definition) is 6. The fraction of sp³-hybridized carbons (Fsp3) is 0. The lowest BCUT2D eigenvalue weighted by Gasteiger charge is -1.82. The lowest BCUT2D eigenvalue weighted by atomic mass is 10.3. The molecule has 0 atom stereocenters. The molecule has 0 radical (unpaired) electrons. The lowest BCUT2D eigenvalue weighted by Crippen LogP contribution is -1.63. The van der Waals surface area contributed by atoms with E-state index >= 15 is 0 Å². The number of benzene rings is 4. The average molecular weight is 426 g/mol. The second-order valence-corrected chi connectivity index (χ2v) is 6.30. The first-order chi connectivity index (χ1) is 15.7. The van der Waals surface area contributed by atoms with Crippen molar-refractivity contribution in [3.63, 3.8) is 0 Å². The van der Waals surface area contributed by atoms with Crippen molar-refractivity contribution >= 4 is 22.1 Å². The molecule has 4 N–H and O–H groups in total. The number of nitrogens with one attached hydrogen (secondary N) is 2. The van der Waals surface area contributed by atoms with Gasteiger partial charge in [0.05, 0.1) is 0 Å². The van der Waals surface area contributed by atoms with Crippen LogP contribution in [0.1, 0.15) is 0 Å². The third-order valence-corrected chi connectivity index (χ3v) is 3.96. The number of aromatic amines is 2. The van der Waals surface area contributed by atoms with Gasteiger partial charge in [-0.05, 0) is 48.5 Å². The van der Waals surface area contributed by atoms with Gasteiger partial charge in [-0.2, -0.15) is 30.8 Å². The van der Waals surface area contributed by atoms with E-state index in [1.165, 1.54) is 0 Å². The molecule has 0 spiro atoms. The Hall–Kier alpha value is -4.72. The number of aromatic hydroxyl groups is 2. The third kappa shape index (κ3) is 7.27. The molecule has 0 bridgehead atoms. The van der Waals surface area contributed by atoms with E-state index in [0.29, 0.717) is 11.5 Å². The van der Waals surface area contributed by atoms with Crippen molar-refractivity contribution < 1.29 is 10.2 Å². The van der Waals surface area contributed by atoms with Crippen LogP contribution in [0.5, 0.6) is 11.5 Å². The van der Waals surface area contributed by atoms with Gasteiger partial charge in [0.25, 0.3) is 0 Å². The molecule has 6 rings (SSSR count). The summed E-state index contributed by atoms with van der Waals surface area (Å²) in [5.74, 6) is 0.644. The molecule has 0 fully saturated rings. The molecule has 4 aromatic carbocycles. The molecule has 2 aromatic heterocycles. The molecule has 0 unspecified atom stereocenters. The fourth-order valence-corrected chi connectivity index (χ4v) is 2.43. The van der Waals surface area contributed by atoms with Crippen molar-refractivity contribution in [2.24, 2.45) is 0 Å². The van der Waals surface area contributed by atoms with E-state index in [2.05, 4.69) is 30.8 Å². The molecular formula is C24H22N6O2. The second kappa shape index (κ2) is 12.1. The van der Waals surface area contributed by atoms with Gasteiger partial charge in [-0.3, -0.25) is 0 Å². The molecule has 0 saturated carbocycles. The first-order valence-corrected chi connectivity index (χ1v) is 9.71. The number of phenols is 2. The van der Waals surface area contributed by atoms with Crippen LogP contribution in [0.15, 0.2) is 109 Å². The molecule has 0 aliphatic carbocycles. The van der Waals surface area contributed by atoms with Gasteiger partial charge in [-0.25, -0.2) is 0 Å². The molecule has 2 heterocycles. The number of phenolic OH excluding ortho intramolecular Hbond substituents is 2. The number of rotatable bonds is 0. The standard InChI is InChI=1S/2C6H5N3.2C6H6O/c2*1-2-4-6-5(3-1)7-9-8-6;2*7-6-4-2-1-3-5-6/h2*1-4H,(H,7,8,9);2*1-5,7H. The number of aromatic nitrogens is 6. The third-order valence-electron chi connectivity index (χ3n) is 3.96. The van der Waals surface area contributed by atoms with Crippen LogP contribution in [0.25, 0.3) is 22.1 Å². The number of para-hydroxylation sites is 6. The van der Waals surface area contributed by atoms with Crippen molar-refractivity contribution in [1.82, 2.24) is 30.8 Å². The van der Waals surface area contributed by atoms with E-state index in [1.54, 1.807) is 48.5 Å². The zero-order valence-electron chi connectivity index (χ0n) is 17.1. The fourth-order valence-electron chi connectivity index (χ4n) is 2.43. The zero-order valence-corrected chi connectivity index (χ0v) is 17.1. The summed E-state index contributed by atoms with van der Waals surface area (Å²) in [6.45, 7) is 0. The summed E-state index contributed by atoms with van der Waals surface area (Å²) in [6, 6.07) is 32.8. The van der Waals surface area contributed by atoms with E-state index in [4.69, 9.17) is 10.2 Å². The Kier molecular flexibility index (Phi) is 8.30. The summed E-state index contributed by atoms with van der Waals surface area (Å²) >= 11 is 0. The van der Waals surface area contributed by atoms with Crippen LogP contribution >= 0.6 is 0 Å². The van der Waals surface area contributed by atoms with Crippen molar-refractivity contribution in [3.05, 3.63) is 109 Å². The average Bonchev–Trinajstić information content (AvgIpc) is 3.51. The molecule has 0 aliphatic rings. The molecule has 0 saturated heterocycles. The largest absolute Gasteiger partial charge is 0.508 e. The summed E-state index contributed by atoms with van der Waals surface area (Å²) in [6.07, 6.45) is 0. The second-order valence-electron chi connectivity index (χ2n) is 6.30.